The number of nitrogens with one attached hydrogen (secondary N) is 1. The highest BCUT2D eigenvalue weighted by molar-refractivity contribution is 6.46. The van der Waals surface area contributed by atoms with Gasteiger partial charge in [-0.25, -0.2) is 0 Å². The number of carbonyl (C=O) groups excluding carboxylic acids is 2. The molecule has 1 spiro atoms. The van der Waals surface area contributed by atoms with Crippen molar-refractivity contribution in [2.75, 3.05) is 0 Å². The van der Waals surface area contributed by atoms with Gasteiger partial charge in [0.2, 0.25) is 0 Å². The maximum Gasteiger partial charge on any atom is 0.416 e. The number of rotatable bonds is 7. The van der Waals surface area contributed by atoms with Crippen LogP contribution in [0.15, 0.2) is 53.5 Å². The first-order chi connectivity index (χ1) is 19.5. The normalized spacial score (nSPS) is 22.6. The number of carboxylic acids is 1. The second-order valence-corrected chi connectivity index (χ2v) is 12.6. The molecule has 1 unspecified atom stereocenters. The first kappa shape index (κ1) is 31.3. The van der Waals surface area contributed by atoms with Crippen LogP contribution in [0.3, 0.4) is 0 Å². The minimum absolute atomic E-state index is 0.0329. The van der Waals surface area contributed by atoms with Crippen molar-refractivity contribution in [3.8, 4) is 0 Å². The highest BCUT2D eigenvalue weighted by Gasteiger charge is 2.52. The molecule has 0 radical (unpaired) electrons. The fourth-order valence-electron chi connectivity index (χ4n) is 6.16. The van der Waals surface area contributed by atoms with Crippen molar-refractivity contribution in [3.63, 3.8) is 0 Å². The van der Waals surface area contributed by atoms with Crippen LogP contribution < -0.4 is 5.32 Å². The average molecular weight is 586 g/mol. The van der Waals surface area contributed by atoms with Crippen LogP contribution >= 0.6 is 0 Å². The minimum Gasteiger partial charge on any atom is -0.481 e. The van der Waals surface area contributed by atoms with Gasteiger partial charge in [-0.3, -0.25) is 19.4 Å². The average Bonchev–Trinajstić information content (AvgIpc) is 3.18. The first-order valence-corrected chi connectivity index (χ1v) is 14.3. The summed E-state index contributed by atoms with van der Waals surface area (Å²) in [5.41, 5.74) is -0.376. The van der Waals surface area contributed by atoms with E-state index in [9.17, 15) is 27.6 Å². The molecule has 1 fully saturated rings. The third-order valence-electron chi connectivity index (χ3n) is 8.57. The monoisotopic (exact) mass is 585 g/mol. The predicted molar refractivity (Wildman–Crippen MR) is 153 cm³/mol. The summed E-state index contributed by atoms with van der Waals surface area (Å²) < 4.78 is 40.5. The smallest absolute Gasteiger partial charge is 0.416 e. The number of halogens is 3. The van der Waals surface area contributed by atoms with Gasteiger partial charge >= 0.3 is 12.1 Å². The van der Waals surface area contributed by atoms with E-state index >= 15 is 0 Å². The quantitative estimate of drug-likeness (QED) is 0.381. The number of hydrogen-bond acceptors (Lipinski definition) is 4. The number of amides is 2. The van der Waals surface area contributed by atoms with Crippen LogP contribution in [0.2, 0.25) is 0 Å². The second kappa shape index (κ2) is 11.5. The third-order valence-corrected chi connectivity index (χ3v) is 8.57. The molecule has 1 saturated carbocycles. The maximum absolute atomic E-state index is 14.0. The van der Waals surface area contributed by atoms with E-state index in [0.29, 0.717) is 24.3 Å². The van der Waals surface area contributed by atoms with E-state index in [-0.39, 0.29) is 23.1 Å². The molecule has 0 bridgehead atoms. The lowest BCUT2D eigenvalue weighted by Gasteiger charge is -2.46. The van der Waals surface area contributed by atoms with E-state index < -0.39 is 47.3 Å². The Morgan fingerprint density at radius 2 is 1.69 bits per heavy atom. The number of carbonyl (C=O) groups is 3. The molecule has 2 N–H and O–H groups in total. The Kier molecular flexibility index (Phi) is 8.58. The van der Waals surface area contributed by atoms with E-state index in [1.165, 1.54) is 12.1 Å². The van der Waals surface area contributed by atoms with Gasteiger partial charge in [0.05, 0.1) is 18.0 Å². The Balaban J connectivity index is 1.65. The molecule has 0 saturated heterocycles. The van der Waals surface area contributed by atoms with Crippen molar-refractivity contribution >= 4 is 23.5 Å². The Morgan fingerprint density at radius 3 is 2.24 bits per heavy atom. The molecule has 7 nitrogen and oxygen atoms in total. The molecular formula is C32H38F3N3O4. The molecule has 4 rings (SSSR count). The van der Waals surface area contributed by atoms with E-state index in [1.54, 1.807) is 36.1 Å². The minimum atomic E-state index is -4.55. The molecule has 10 heteroatoms. The summed E-state index contributed by atoms with van der Waals surface area (Å²) in [4.78, 5) is 44.2. The molecule has 226 valence electrons. The second-order valence-electron chi connectivity index (χ2n) is 12.6. The van der Waals surface area contributed by atoms with Gasteiger partial charge in [-0.1, -0.05) is 45.0 Å². The van der Waals surface area contributed by atoms with Gasteiger partial charge in [-0.05, 0) is 80.7 Å². The van der Waals surface area contributed by atoms with Crippen LogP contribution in [-0.2, 0) is 15.8 Å². The molecule has 2 aromatic carbocycles. The highest BCUT2D eigenvalue weighted by Crippen LogP contribution is 2.49. The summed E-state index contributed by atoms with van der Waals surface area (Å²) in [6, 6.07) is 10.4. The molecule has 1 heterocycles. The molecule has 2 aromatic rings. The molecular weight excluding hydrogens is 547 g/mol. The highest BCUT2D eigenvalue weighted by atomic mass is 19.4. The molecule has 42 heavy (non-hydrogen) atoms. The topological polar surface area (TPSA) is 99.1 Å². The predicted octanol–water partition coefficient (Wildman–Crippen LogP) is 6.62. The third kappa shape index (κ3) is 6.52. The van der Waals surface area contributed by atoms with Gasteiger partial charge in [0.25, 0.3) is 11.8 Å². The van der Waals surface area contributed by atoms with Crippen molar-refractivity contribution < 1.29 is 32.7 Å². The zero-order valence-corrected chi connectivity index (χ0v) is 24.6. The largest absolute Gasteiger partial charge is 0.481 e. The number of aliphatic carboxylic acids is 1. The standard InChI is InChI=1S/C32H38F3N3O4/c1-19(17-26(39)40)36-28(41)22-11-9-21(10-12-22)20(2)38-29(42)27(23-7-6-8-25(18-23)32(33,34)35)37-31(38)15-13-24(14-16-31)30(3,4)5/h6-12,18-20,24H,13-17H2,1-5H3,(H,36,41)(H,39,40)/t19?,20-,24?,31?/m1/s1. The number of aliphatic imine (C=N–C) groups is 1. The van der Waals surface area contributed by atoms with Crippen molar-refractivity contribution in [3.05, 3.63) is 70.8 Å². The number of alkyl halides is 3. The summed E-state index contributed by atoms with van der Waals surface area (Å²) in [6.07, 6.45) is -1.91. The van der Waals surface area contributed by atoms with Gasteiger partial charge in [0.15, 0.2) is 0 Å². The molecule has 1 aliphatic heterocycles. The van der Waals surface area contributed by atoms with Gasteiger partial charge in [-0.15, -0.1) is 0 Å². The zero-order valence-electron chi connectivity index (χ0n) is 24.6. The van der Waals surface area contributed by atoms with Gasteiger partial charge in [0.1, 0.15) is 11.4 Å². The molecule has 2 amide bonds. The van der Waals surface area contributed by atoms with Crippen molar-refractivity contribution in [2.24, 2.45) is 16.3 Å². The van der Waals surface area contributed by atoms with Gasteiger partial charge in [-0.2, -0.15) is 13.2 Å². The molecule has 0 aromatic heterocycles. The summed E-state index contributed by atoms with van der Waals surface area (Å²) >= 11 is 0. The SMILES string of the molecule is CC(CC(=O)O)NC(=O)c1ccc([C@@H](C)N2C(=O)C(c3cccc(C(F)(F)F)c3)=NC23CCC(C(C)(C)C)CC3)cc1. The fourth-order valence-corrected chi connectivity index (χ4v) is 6.16. The Bertz CT molecular complexity index is 1370. The van der Waals surface area contributed by atoms with Crippen molar-refractivity contribution in [1.82, 2.24) is 10.2 Å². The van der Waals surface area contributed by atoms with Crippen LogP contribution in [0.1, 0.15) is 99.8 Å². The van der Waals surface area contributed by atoms with Crippen molar-refractivity contribution in [1.29, 1.82) is 0 Å². The maximum atomic E-state index is 14.0. The van der Waals surface area contributed by atoms with Gasteiger partial charge < -0.3 is 15.3 Å². The molecule has 2 atom stereocenters. The number of benzene rings is 2. The van der Waals surface area contributed by atoms with Crippen LogP contribution in [0, 0.1) is 11.3 Å². The lowest BCUT2D eigenvalue weighted by atomic mass is 9.69. The van der Waals surface area contributed by atoms with Crippen LogP contribution in [-0.4, -0.2) is 45.2 Å². The Labute approximate surface area is 244 Å². The Hall–Kier alpha value is -3.69. The summed E-state index contributed by atoms with van der Waals surface area (Å²) in [7, 11) is 0. The summed E-state index contributed by atoms with van der Waals surface area (Å²) in [5, 5.41) is 11.6. The van der Waals surface area contributed by atoms with Gasteiger partial charge in [0, 0.05) is 17.2 Å². The van der Waals surface area contributed by atoms with E-state index in [4.69, 9.17) is 10.1 Å². The van der Waals surface area contributed by atoms with Crippen LogP contribution in [0.25, 0.3) is 0 Å². The number of carboxylic acid groups (broad SMARTS) is 1. The van der Waals surface area contributed by atoms with E-state index in [0.717, 1.165) is 30.5 Å². The zero-order chi connectivity index (χ0) is 31.0. The fraction of sp³-hybridized carbons (Fsp3) is 0.500. The van der Waals surface area contributed by atoms with Crippen LogP contribution in [0.4, 0.5) is 13.2 Å². The van der Waals surface area contributed by atoms with Crippen LogP contribution in [0.5, 0.6) is 0 Å². The lowest BCUT2D eigenvalue weighted by molar-refractivity contribution is -0.138. The Morgan fingerprint density at radius 1 is 1.07 bits per heavy atom. The number of hydrogen-bond donors (Lipinski definition) is 2. The van der Waals surface area contributed by atoms with E-state index in [2.05, 4.69) is 26.1 Å². The van der Waals surface area contributed by atoms with E-state index in [1.807, 2.05) is 6.92 Å². The number of nitrogens with zero attached hydrogens (tertiary/aromatic N) is 2. The molecule has 2 aliphatic rings. The lowest BCUT2D eigenvalue weighted by Crippen LogP contribution is -2.50. The summed E-state index contributed by atoms with van der Waals surface area (Å²) in [5.74, 6) is -1.42. The van der Waals surface area contributed by atoms with Crippen molar-refractivity contribution in [2.45, 2.75) is 90.6 Å². The summed E-state index contributed by atoms with van der Waals surface area (Å²) in [6.45, 7) is 10.0. The molecule has 1 aliphatic carbocycles. The first-order valence-electron chi connectivity index (χ1n) is 14.3.